The lowest BCUT2D eigenvalue weighted by Gasteiger charge is -2.33. The molecule has 1 unspecified atom stereocenters. The molecule has 2 rings (SSSR count). The molecule has 19 heavy (non-hydrogen) atoms. The highest BCUT2D eigenvalue weighted by atomic mass is 35.5. The van der Waals surface area contributed by atoms with Gasteiger partial charge in [-0.3, -0.25) is 4.79 Å². The molecule has 1 aromatic carbocycles. The number of piperidine rings is 1. The van der Waals surface area contributed by atoms with Crippen molar-refractivity contribution in [2.45, 2.75) is 25.8 Å². The van der Waals surface area contributed by atoms with E-state index in [9.17, 15) is 9.90 Å². The number of aromatic hydroxyl groups is 1. The van der Waals surface area contributed by atoms with Gasteiger partial charge in [0.15, 0.2) is 0 Å². The van der Waals surface area contributed by atoms with E-state index in [-0.39, 0.29) is 11.7 Å². The number of nitrogens with one attached hydrogen (secondary N) is 1. The number of likely N-dealkylation sites (N-methyl/N-ethyl adjacent to an activating group) is 1. The van der Waals surface area contributed by atoms with Gasteiger partial charge in [0.1, 0.15) is 5.75 Å². The molecule has 104 valence electrons. The maximum Gasteiger partial charge on any atom is 0.255 e. The highest BCUT2D eigenvalue weighted by molar-refractivity contribution is 6.33. The van der Waals surface area contributed by atoms with Crippen LogP contribution in [0.1, 0.15) is 30.1 Å². The van der Waals surface area contributed by atoms with Crippen molar-refractivity contribution in [1.82, 2.24) is 10.2 Å². The van der Waals surface area contributed by atoms with Crippen molar-refractivity contribution in [2.75, 3.05) is 19.6 Å². The summed E-state index contributed by atoms with van der Waals surface area (Å²) in [5, 5.41) is 13.2. The molecule has 0 radical (unpaired) electrons. The van der Waals surface area contributed by atoms with E-state index in [4.69, 9.17) is 11.6 Å². The molecular formula is C14H19ClN2O2. The van der Waals surface area contributed by atoms with E-state index in [1.807, 2.05) is 0 Å². The van der Waals surface area contributed by atoms with Gasteiger partial charge >= 0.3 is 0 Å². The summed E-state index contributed by atoms with van der Waals surface area (Å²) in [6.07, 6.45) is 2.07. The topological polar surface area (TPSA) is 52.6 Å². The molecule has 1 saturated heterocycles. The van der Waals surface area contributed by atoms with Crippen LogP contribution in [0.5, 0.6) is 5.75 Å². The second-order valence-electron chi connectivity index (χ2n) is 4.81. The number of phenolic OH excluding ortho intramolecular Hbond substituents is 1. The van der Waals surface area contributed by atoms with Crippen LogP contribution < -0.4 is 5.32 Å². The maximum atomic E-state index is 12.4. The second-order valence-corrected chi connectivity index (χ2v) is 5.22. The minimum Gasteiger partial charge on any atom is -0.508 e. The highest BCUT2D eigenvalue weighted by Crippen LogP contribution is 2.24. The van der Waals surface area contributed by atoms with E-state index in [2.05, 4.69) is 12.2 Å². The van der Waals surface area contributed by atoms with Gasteiger partial charge in [-0.05, 0) is 37.6 Å². The van der Waals surface area contributed by atoms with E-state index >= 15 is 0 Å². The fraction of sp³-hybridized carbons (Fsp3) is 0.500. The lowest BCUT2D eigenvalue weighted by atomic mass is 10.0. The second kappa shape index (κ2) is 6.26. The van der Waals surface area contributed by atoms with Crippen LogP contribution in [0.15, 0.2) is 18.2 Å². The lowest BCUT2D eigenvalue weighted by Crippen LogP contribution is -2.48. The molecule has 1 aliphatic heterocycles. The van der Waals surface area contributed by atoms with Gasteiger partial charge in [-0.1, -0.05) is 18.5 Å². The number of benzene rings is 1. The van der Waals surface area contributed by atoms with Crippen molar-refractivity contribution in [3.63, 3.8) is 0 Å². The molecule has 1 amide bonds. The van der Waals surface area contributed by atoms with Gasteiger partial charge in [-0.2, -0.15) is 0 Å². The molecule has 0 saturated carbocycles. The molecule has 1 fully saturated rings. The van der Waals surface area contributed by atoms with Crippen molar-refractivity contribution in [1.29, 1.82) is 0 Å². The molecule has 5 heteroatoms. The molecule has 0 aromatic heterocycles. The van der Waals surface area contributed by atoms with Gasteiger partial charge in [0, 0.05) is 19.1 Å². The van der Waals surface area contributed by atoms with Gasteiger partial charge in [0.05, 0.1) is 10.6 Å². The van der Waals surface area contributed by atoms with Crippen molar-refractivity contribution < 1.29 is 9.90 Å². The summed E-state index contributed by atoms with van der Waals surface area (Å²) in [6, 6.07) is 4.81. The molecule has 1 aromatic rings. The van der Waals surface area contributed by atoms with Gasteiger partial charge in [-0.15, -0.1) is 0 Å². The number of likely N-dealkylation sites (tertiary alicyclic amines) is 1. The van der Waals surface area contributed by atoms with Crippen molar-refractivity contribution in [2.24, 2.45) is 0 Å². The Bertz CT molecular complexity index is 463. The minimum absolute atomic E-state index is 0.0630. The number of hydrogen-bond donors (Lipinski definition) is 2. The van der Waals surface area contributed by atoms with E-state index in [1.165, 1.54) is 12.1 Å². The molecule has 2 N–H and O–H groups in total. The quantitative estimate of drug-likeness (QED) is 0.894. The molecule has 1 aliphatic rings. The Hall–Kier alpha value is -1.26. The molecule has 4 nitrogen and oxygen atoms in total. The molecule has 0 aliphatic carbocycles. The van der Waals surface area contributed by atoms with Crippen molar-refractivity contribution >= 4 is 17.5 Å². The van der Waals surface area contributed by atoms with E-state index in [1.54, 1.807) is 11.0 Å². The third-order valence-electron chi connectivity index (χ3n) is 3.38. The Labute approximate surface area is 118 Å². The van der Waals surface area contributed by atoms with Gasteiger partial charge < -0.3 is 15.3 Å². The Balaban J connectivity index is 2.12. The summed E-state index contributed by atoms with van der Waals surface area (Å²) in [4.78, 5) is 14.2. The number of carbonyl (C=O) groups is 1. The Kier molecular flexibility index (Phi) is 4.66. The Morgan fingerprint density at radius 3 is 3.11 bits per heavy atom. The number of carbonyl (C=O) groups excluding carboxylic acids is 1. The van der Waals surface area contributed by atoms with E-state index < -0.39 is 0 Å². The molecule has 0 bridgehead atoms. The largest absolute Gasteiger partial charge is 0.508 e. The number of rotatable bonds is 3. The summed E-state index contributed by atoms with van der Waals surface area (Å²) >= 11 is 6.03. The summed E-state index contributed by atoms with van der Waals surface area (Å²) in [5.41, 5.74) is 0.374. The zero-order valence-corrected chi connectivity index (χ0v) is 11.8. The van der Waals surface area contributed by atoms with Crippen LogP contribution in [0.25, 0.3) is 0 Å². The fourth-order valence-electron chi connectivity index (χ4n) is 2.46. The lowest BCUT2D eigenvalue weighted by molar-refractivity contribution is 0.0695. The monoisotopic (exact) mass is 282 g/mol. The third-order valence-corrected chi connectivity index (χ3v) is 3.71. The average Bonchev–Trinajstić information content (AvgIpc) is 2.41. The van der Waals surface area contributed by atoms with Crippen molar-refractivity contribution in [3.8, 4) is 5.75 Å². The van der Waals surface area contributed by atoms with Gasteiger partial charge in [0.2, 0.25) is 0 Å². The van der Waals surface area contributed by atoms with Crippen LogP contribution in [0.4, 0.5) is 0 Å². The summed E-state index contributed by atoms with van der Waals surface area (Å²) in [5.74, 6) is -0.0449. The molecule has 0 spiro atoms. The molecule has 1 atom stereocenters. The number of amides is 1. The first-order valence-electron chi connectivity index (χ1n) is 6.63. The Morgan fingerprint density at radius 1 is 1.58 bits per heavy atom. The standard InChI is InChI=1S/C14H19ClN2O2/c1-2-16-10-4-3-7-17(9-10)14(19)12-8-11(18)5-6-13(12)15/h5-6,8,10,16,18H,2-4,7,9H2,1H3. The van der Waals surface area contributed by atoms with Gasteiger partial charge in [0.25, 0.3) is 5.91 Å². The van der Waals surface area contributed by atoms with Crippen LogP contribution in [0.2, 0.25) is 5.02 Å². The van der Waals surface area contributed by atoms with Crippen LogP contribution in [0.3, 0.4) is 0 Å². The van der Waals surface area contributed by atoms with E-state index in [0.29, 0.717) is 23.2 Å². The predicted octanol–water partition coefficient (Wildman–Crippen LogP) is 2.26. The zero-order chi connectivity index (χ0) is 13.8. The normalized spacial score (nSPS) is 19.5. The average molecular weight is 283 g/mol. The first-order valence-corrected chi connectivity index (χ1v) is 7.00. The maximum absolute atomic E-state index is 12.4. The first kappa shape index (κ1) is 14.2. The fourth-order valence-corrected chi connectivity index (χ4v) is 2.66. The summed E-state index contributed by atoms with van der Waals surface area (Å²) in [6.45, 7) is 4.40. The third kappa shape index (κ3) is 3.39. The van der Waals surface area contributed by atoms with Crippen LogP contribution in [-0.2, 0) is 0 Å². The van der Waals surface area contributed by atoms with Crippen LogP contribution >= 0.6 is 11.6 Å². The van der Waals surface area contributed by atoms with Crippen molar-refractivity contribution in [3.05, 3.63) is 28.8 Å². The zero-order valence-electron chi connectivity index (χ0n) is 11.0. The number of hydrogen-bond acceptors (Lipinski definition) is 3. The SMILES string of the molecule is CCNC1CCCN(C(=O)c2cc(O)ccc2Cl)C1. The Morgan fingerprint density at radius 2 is 2.37 bits per heavy atom. The molecule has 1 heterocycles. The van der Waals surface area contributed by atoms with Crippen LogP contribution in [0, 0.1) is 0 Å². The minimum atomic E-state index is -0.108. The predicted molar refractivity (Wildman–Crippen MR) is 75.7 cm³/mol. The first-order chi connectivity index (χ1) is 9.11. The van der Waals surface area contributed by atoms with E-state index in [0.717, 1.165) is 25.9 Å². The van der Waals surface area contributed by atoms with Crippen LogP contribution in [-0.4, -0.2) is 41.6 Å². The summed E-state index contributed by atoms with van der Waals surface area (Å²) < 4.78 is 0. The number of nitrogens with zero attached hydrogens (tertiary/aromatic N) is 1. The number of halogens is 1. The molecular weight excluding hydrogens is 264 g/mol. The number of phenols is 1. The smallest absolute Gasteiger partial charge is 0.255 e. The van der Waals surface area contributed by atoms with Gasteiger partial charge in [-0.25, -0.2) is 0 Å². The summed E-state index contributed by atoms with van der Waals surface area (Å²) in [7, 11) is 0. The highest BCUT2D eigenvalue weighted by Gasteiger charge is 2.25.